The first-order chi connectivity index (χ1) is 17.1. The van der Waals surface area contributed by atoms with Gasteiger partial charge in [0.1, 0.15) is 10.7 Å². The van der Waals surface area contributed by atoms with Crippen LogP contribution in [-0.4, -0.2) is 26.0 Å². The number of rotatable bonds is 5. The van der Waals surface area contributed by atoms with Crippen LogP contribution in [0.4, 0.5) is 29.2 Å². The first-order valence-corrected chi connectivity index (χ1v) is 12.6. The van der Waals surface area contributed by atoms with Crippen LogP contribution in [0.15, 0.2) is 36.7 Å². The Hall–Kier alpha value is -3.08. The van der Waals surface area contributed by atoms with Crippen LogP contribution in [0.5, 0.6) is 0 Å². The second-order valence-corrected chi connectivity index (χ2v) is 11.6. The fraction of sp³-hybridized carbons (Fsp3) is 0.462. The maximum Gasteiger partial charge on any atom is 0.433 e. The topological polar surface area (TPSA) is 88.0 Å². The molecule has 0 saturated heterocycles. The van der Waals surface area contributed by atoms with E-state index in [2.05, 4.69) is 20.3 Å². The Morgan fingerprint density at radius 2 is 1.76 bits per heavy atom. The van der Waals surface area contributed by atoms with Gasteiger partial charge in [-0.15, -0.1) is 11.3 Å². The largest absolute Gasteiger partial charge is 0.481 e. The summed E-state index contributed by atoms with van der Waals surface area (Å²) in [6.45, 7) is 7.46. The normalized spacial score (nSPS) is 22.6. The third-order valence-corrected chi connectivity index (χ3v) is 8.42. The molecule has 11 heteroatoms. The highest BCUT2D eigenvalue weighted by atomic mass is 32.1. The monoisotopic (exact) mass is 536 g/mol. The van der Waals surface area contributed by atoms with E-state index in [0.717, 1.165) is 17.8 Å². The fourth-order valence-electron chi connectivity index (χ4n) is 4.89. The smallest absolute Gasteiger partial charge is 0.433 e. The van der Waals surface area contributed by atoms with Gasteiger partial charge in [0.2, 0.25) is 5.95 Å². The predicted molar refractivity (Wildman–Crippen MR) is 133 cm³/mol. The molecule has 0 radical (unpaired) electrons. The van der Waals surface area contributed by atoms with Crippen LogP contribution in [0.2, 0.25) is 0 Å². The minimum absolute atomic E-state index is 0.0665. The van der Waals surface area contributed by atoms with Crippen LogP contribution in [0.3, 0.4) is 0 Å². The van der Waals surface area contributed by atoms with Crippen LogP contribution in [0.1, 0.15) is 62.7 Å². The average Bonchev–Trinajstić information content (AvgIpc) is 3.29. The molecule has 1 fully saturated rings. The molecule has 2 N–H and O–H groups in total. The quantitative estimate of drug-likeness (QED) is 0.328. The van der Waals surface area contributed by atoms with Crippen LogP contribution in [0.25, 0.3) is 10.4 Å². The van der Waals surface area contributed by atoms with Crippen LogP contribution in [-0.2, 0) is 16.6 Å². The number of halogens is 4. The van der Waals surface area contributed by atoms with Gasteiger partial charge in [-0.25, -0.2) is 19.3 Å². The SMILES string of the molecule is Cc1cc(Nc2nccc(C(F)(F)F)n2)cc(-c2cnc(C3(F)CCC(C(=O)O)(C(C)(C)C)CC3)s2)c1. The van der Waals surface area contributed by atoms with Crippen molar-refractivity contribution in [3.63, 3.8) is 0 Å². The maximum atomic E-state index is 16.0. The molecule has 2 heterocycles. The standard InChI is InChI=1S/C26H28F4N4O2S/c1-15-11-16(13-17(12-15)33-22-31-10-5-19(34-22)26(28,29)30)18-14-32-20(37-18)25(27)8-6-24(7-9-25,21(35)36)23(2,3)4/h5,10-14H,6-9H2,1-4H3,(H,35,36)(H,31,33,34). The minimum Gasteiger partial charge on any atom is -0.481 e. The van der Waals surface area contributed by atoms with Gasteiger partial charge >= 0.3 is 12.1 Å². The zero-order chi connectivity index (χ0) is 27.2. The second kappa shape index (κ2) is 9.34. The van der Waals surface area contributed by atoms with Gasteiger partial charge in [0.25, 0.3) is 0 Å². The average molecular weight is 537 g/mol. The summed E-state index contributed by atoms with van der Waals surface area (Å²) in [6.07, 6.45) is -1.42. The third kappa shape index (κ3) is 5.32. The van der Waals surface area contributed by atoms with Gasteiger partial charge in [0.05, 0.1) is 10.3 Å². The molecule has 1 aliphatic rings. The number of hydrogen-bond acceptors (Lipinski definition) is 6. The van der Waals surface area contributed by atoms with E-state index >= 15 is 4.39 Å². The lowest BCUT2D eigenvalue weighted by atomic mass is 9.57. The summed E-state index contributed by atoms with van der Waals surface area (Å²) in [6, 6.07) is 6.13. The Morgan fingerprint density at radius 1 is 1.08 bits per heavy atom. The number of aliphatic carboxylic acids is 1. The fourth-order valence-corrected chi connectivity index (χ4v) is 5.93. The third-order valence-electron chi connectivity index (χ3n) is 7.19. The molecular weight excluding hydrogens is 508 g/mol. The highest BCUT2D eigenvalue weighted by Crippen LogP contribution is 2.56. The molecule has 3 aromatic rings. The Labute approximate surface area is 216 Å². The minimum atomic E-state index is -4.59. The molecule has 0 atom stereocenters. The zero-order valence-corrected chi connectivity index (χ0v) is 21.7. The molecule has 0 amide bonds. The first-order valence-electron chi connectivity index (χ1n) is 11.8. The van der Waals surface area contributed by atoms with Gasteiger partial charge < -0.3 is 10.4 Å². The maximum absolute atomic E-state index is 16.0. The van der Waals surface area contributed by atoms with E-state index in [0.29, 0.717) is 21.1 Å². The number of thiazole rings is 1. The number of nitrogens with zero attached hydrogens (tertiary/aromatic N) is 3. The molecule has 0 bridgehead atoms. The molecule has 1 saturated carbocycles. The molecule has 1 aliphatic carbocycles. The summed E-state index contributed by atoms with van der Waals surface area (Å²) in [5.74, 6) is -1.09. The molecule has 0 unspecified atom stereocenters. The van der Waals surface area contributed by atoms with Crippen molar-refractivity contribution in [2.45, 2.75) is 65.2 Å². The van der Waals surface area contributed by atoms with E-state index in [1.54, 1.807) is 18.3 Å². The highest BCUT2D eigenvalue weighted by molar-refractivity contribution is 7.15. The van der Waals surface area contributed by atoms with Crippen LogP contribution >= 0.6 is 11.3 Å². The Kier molecular flexibility index (Phi) is 6.81. The number of nitrogens with one attached hydrogen (secondary N) is 1. The van der Waals surface area contributed by atoms with Gasteiger partial charge in [-0.3, -0.25) is 4.79 Å². The Balaban J connectivity index is 1.57. The second-order valence-electron chi connectivity index (χ2n) is 10.6. The lowest BCUT2D eigenvalue weighted by molar-refractivity contribution is -0.163. The van der Waals surface area contributed by atoms with Gasteiger partial charge in [-0.2, -0.15) is 13.2 Å². The van der Waals surface area contributed by atoms with Crippen molar-refractivity contribution >= 4 is 28.9 Å². The van der Waals surface area contributed by atoms with Gasteiger partial charge in [0, 0.05) is 18.1 Å². The zero-order valence-electron chi connectivity index (χ0n) is 20.9. The number of anilines is 2. The summed E-state index contributed by atoms with van der Waals surface area (Å²) in [5, 5.41) is 13.0. The van der Waals surface area contributed by atoms with Gasteiger partial charge in [0.15, 0.2) is 5.67 Å². The van der Waals surface area contributed by atoms with Crippen molar-refractivity contribution in [3.05, 3.63) is 52.9 Å². The molecule has 198 valence electrons. The van der Waals surface area contributed by atoms with Crippen molar-refractivity contribution in [1.29, 1.82) is 0 Å². The first kappa shape index (κ1) is 27.0. The van der Waals surface area contributed by atoms with Gasteiger partial charge in [-0.1, -0.05) is 26.8 Å². The lowest BCUT2D eigenvalue weighted by Gasteiger charge is -2.47. The number of aryl methyl sites for hydroxylation is 1. The number of carboxylic acid groups (broad SMARTS) is 1. The summed E-state index contributed by atoms with van der Waals surface area (Å²) < 4.78 is 55.0. The van der Waals surface area contributed by atoms with Crippen molar-refractivity contribution in [2.24, 2.45) is 10.8 Å². The van der Waals surface area contributed by atoms with E-state index in [-0.39, 0.29) is 31.6 Å². The molecule has 2 aromatic heterocycles. The van der Waals surface area contributed by atoms with E-state index in [4.69, 9.17) is 0 Å². The van der Waals surface area contributed by atoms with Crippen LogP contribution < -0.4 is 5.32 Å². The molecule has 6 nitrogen and oxygen atoms in total. The molecule has 37 heavy (non-hydrogen) atoms. The van der Waals surface area contributed by atoms with E-state index in [1.165, 1.54) is 11.3 Å². The van der Waals surface area contributed by atoms with Gasteiger partial charge in [-0.05, 0) is 67.3 Å². The Bertz CT molecular complexity index is 1310. The number of hydrogen-bond donors (Lipinski definition) is 2. The number of benzene rings is 1. The van der Waals surface area contributed by atoms with E-state index < -0.39 is 34.3 Å². The molecular formula is C26H28F4N4O2S. The molecule has 4 rings (SSSR count). The lowest BCUT2D eigenvalue weighted by Crippen LogP contribution is -2.48. The number of alkyl halides is 4. The van der Waals surface area contributed by atoms with Crippen molar-refractivity contribution in [3.8, 4) is 10.4 Å². The summed E-state index contributed by atoms with van der Waals surface area (Å²) in [4.78, 5) is 24.6. The number of aromatic nitrogens is 3. The van der Waals surface area contributed by atoms with E-state index in [1.807, 2.05) is 33.8 Å². The summed E-state index contributed by atoms with van der Waals surface area (Å²) in [5.41, 5.74) is -2.26. The number of carboxylic acids is 1. The summed E-state index contributed by atoms with van der Waals surface area (Å²) in [7, 11) is 0. The van der Waals surface area contributed by atoms with Crippen molar-refractivity contribution in [2.75, 3.05) is 5.32 Å². The highest BCUT2D eigenvalue weighted by Gasteiger charge is 2.55. The van der Waals surface area contributed by atoms with E-state index in [9.17, 15) is 23.1 Å². The molecule has 1 aromatic carbocycles. The molecule has 0 spiro atoms. The molecule has 0 aliphatic heterocycles. The predicted octanol–water partition coefficient (Wildman–Crippen LogP) is 7.53. The Morgan fingerprint density at radius 3 is 2.35 bits per heavy atom. The van der Waals surface area contributed by atoms with Crippen molar-refractivity contribution < 1.29 is 27.5 Å². The van der Waals surface area contributed by atoms with Crippen molar-refractivity contribution in [1.82, 2.24) is 15.0 Å². The summed E-state index contributed by atoms with van der Waals surface area (Å²) >= 11 is 1.20. The number of carbonyl (C=O) groups is 1. The van der Waals surface area contributed by atoms with Crippen LogP contribution in [0, 0.1) is 17.8 Å².